The van der Waals surface area contributed by atoms with Crippen molar-refractivity contribution in [3.05, 3.63) is 75.4 Å². The molecular formula is C22H24N4O2S. The Balaban J connectivity index is 1.44. The molecule has 0 saturated heterocycles. The van der Waals surface area contributed by atoms with Crippen LogP contribution in [0.5, 0.6) is 0 Å². The van der Waals surface area contributed by atoms with E-state index in [1.807, 2.05) is 42.5 Å². The molecule has 4 N–H and O–H groups in total. The Morgan fingerprint density at radius 1 is 1.34 bits per heavy atom. The molecule has 0 bridgehead atoms. The first kappa shape index (κ1) is 19.7. The Morgan fingerprint density at radius 3 is 3.03 bits per heavy atom. The molecule has 2 heterocycles. The van der Waals surface area contributed by atoms with Crippen LogP contribution in [0.1, 0.15) is 42.4 Å². The molecule has 29 heavy (non-hydrogen) atoms. The zero-order valence-electron chi connectivity index (χ0n) is 16.2. The lowest BCUT2D eigenvalue weighted by molar-refractivity contribution is 0.212. The van der Waals surface area contributed by atoms with Crippen molar-refractivity contribution in [3.8, 4) is 0 Å². The van der Waals surface area contributed by atoms with E-state index in [1.54, 1.807) is 6.20 Å². The van der Waals surface area contributed by atoms with Gasteiger partial charge in [-0.25, -0.2) is 0 Å². The summed E-state index contributed by atoms with van der Waals surface area (Å²) in [6.45, 7) is 2.11. The van der Waals surface area contributed by atoms with Crippen molar-refractivity contribution in [2.75, 3.05) is 0 Å². The Labute approximate surface area is 174 Å². The lowest BCUT2D eigenvalue weighted by Crippen LogP contribution is -2.24. The number of fused-ring (bicyclic) bond motifs is 1. The summed E-state index contributed by atoms with van der Waals surface area (Å²) in [6, 6.07) is 5.83. The Hall–Kier alpha value is -2.61. The van der Waals surface area contributed by atoms with Gasteiger partial charge < -0.3 is 15.0 Å². The fourth-order valence-corrected chi connectivity index (χ4v) is 4.08. The number of nitrogens with one attached hydrogen (secondary N) is 1. The number of H-pyrrole nitrogens is 1. The molecule has 0 aliphatic heterocycles. The number of rotatable bonds is 6. The highest BCUT2D eigenvalue weighted by Gasteiger charge is 2.21. The maximum absolute atomic E-state index is 9.78. The zero-order chi connectivity index (χ0) is 20.2. The molecule has 0 radical (unpaired) electrons. The summed E-state index contributed by atoms with van der Waals surface area (Å²) < 4.78 is 5.94. The summed E-state index contributed by atoms with van der Waals surface area (Å²) in [5.41, 5.74) is 10.4. The normalized spacial score (nSPS) is 20.0. The van der Waals surface area contributed by atoms with Crippen LogP contribution in [0, 0.1) is 5.92 Å². The van der Waals surface area contributed by atoms with Gasteiger partial charge in [-0.1, -0.05) is 19.1 Å². The maximum Gasteiger partial charge on any atom is 0.141 e. The largest absolute Gasteiger partial charge is 0.421 e. The average Bonchev–Trinajstić information content (AvgIpc) is 3.13. The van der Waals surface area contributed by atoms with Gasteiger partial charge in [-0.05, 0) is 61.6 Å². The number of hydrogen-bond acceptors (Lipinski definition) is 6. The van der Waals surface area contributed by atoms with Crippen LogP contribution in [0.15, 0.2) is 52.8 Å². The molecule has 0 aromatic carbocycles. The van der Waals surface area contributed by atoms with Gasteiger partial charge in [-0.2, -0.15) is 5.10 Å². The number of hydrogen-bond donors (Lipinski definition) is 3. The lowest BCUT2D eigenvalue weighted by atomic mass is 9.96. The SMILES string of the molecule is CC1C=C(OSC2=Cc3[nH]nc(/C=C/c4ccccn4)c3CC2)C(C(N)O)=CC1. The molecule has 0 spiro atoms. The second-order valence-electron chi connectivity index (χ2n) is 7.21. The number of nitrogens with zero attached hydrogens (tertiary/aromatic N) is 2. The van der Waals surface area contributed by atoms with Gasteiger partial charge in [0.25, 0.3) is 0 Å². The Morgan fingerprint density at radius 2 is 2.24 bits per heavy atom. The van der Waals surface area contributed by atoms with Crippen LogP contribution in [-0.4, -0.2) is 26.5 Å². The first-order valence-corrected chi connectivity index (χ1v) is 10.4. The number of aliphatic hydroxyl groups is 1. The smallest absolute Gasteiger partial charge is 0.141 e. The van der Waals surface area contributed by atoms with Crippen LogP contribution in [0.25, 0.3) is 18.2 Å². The number of nitrogens with two attached hydrogens (primary N) is 1. The molecule has 6 nitrogen and oxygen atoms in total. The number of aromatic nitrogens is 3. The van der Waals surface area contributed by atoms with Crippen molar-refractivity contribution in [1.82, 2.24) is 15.2 Å². The van der Waals surface area contributed by atoms with Crippen molar-refractivity contribution in [3.63, 3.8) is 0 Å². The van der Waals surface area contributed by atoms with Gasteiger partial charge in [0, 0.05) is 22.2 Å². The van der Waals surface area contributed by atoms with Gasteiger partial charge in [-0.15, -0.1) is 0 Å². The quantitative estimate of drug-likeness (QED) is 0.493. The van der Waals surface area contributed by atoms with E-state index in [4.69, 9.17) is 9.92 Å². The summed E-state index contributed by atoms with van der Waals surface area (Å²) in [4.78, 5) is 5.40. The van der Waals surface area contributed by atoms with E-state index >= 15 is 0 Å². The second kappa shape index (κ2) is 8.82. The van der Waals surface area contributed by atoms with Crippen molar-refractivity contribution < 1.29 is 9.29 Å². The highest BCUT2D eigenvalue weighted by Crippen LogP contribution is 2.36. The summed E-state index contributed by atoms with van der Waals surface area (Å²) in [5.74, 6) is 1.01. The lowest BCUT2D eigenvalue weighted by Gasteiger charge is -2.21. The molecule has 2 aliphatic rings. The third-order valence-electron chi connectivity index (χ3n) is 4.94. The number of pyridine rings is 1. The van der Waals surface area contributed by atoms with E-state index in [1.165, 1.54) is 17.6 Å². The first-order valence-electron chi connectivity index (χ1n) is 9.67. The highest BCUT2D eigenvalue weighted by molar-refractivity contribution is 7.98. The van der Waals surface area contributed by atoms with E-state index in [0.717, 1.165) is 41.2 Å². The maximum atomic E-state index is 9.78. The molecule has 4 rings (SSSR count). The Bertz CT molecular complexity index is 989. The molecule has 150 valence electrons. The molecular weight excluding hydrogens is 384 g/mol. The molecule has 2 aliphatic carbocycles. The van der Waals surface area contributed by atoms with Crippen LogP contribution in [-0.2, 0) is 10.6 Å². The van der Waals surface area contributed by atoms with Gasteiger partial charge in [0.15, 0.2) is 0 Å². The highest BCUT2D eigenvalue weighted by atomic mass is 32.2. The second-order valence-corrected chi connectivity index (χ2v) is 8.07. The van der Waals surface area contributed by atoms with E-state index in [9.17, 15) is 5.11 Å². The summed E-state index contributed by atoms with van der Waals surface area (Å²) in [6.07, 6.45) is 13.4. The topological polar surface area (TPSA) is 97.0 Å². The van der Waals surface area contributed by atoms with Crippen LogP contribution in [0.2, 0.25) is 0 Å². The number of aromatic amines is 1. The molecule has 2 unspecified atom stereocenters. The van der Waals surface area contributed by atoms with Crippen molar-refractivity contribution in [2.45, 2.75) is 32.4 Å². The minimum atomic E-state index is -1.03. The fourth-order valence-electron chi connectivity index (χ4n) is 3.38. The van der Waals surface area contributed by atoms with Crippen molar-refractivity contribution >= 4 is 30.3 Å². The van der Waals surface area contributed by atoms with Crippen molar-refractivity contribution in [2.24, 2.45) is 11.7 Å². The summed E-state index contributed by atoms with van der Waals surface area (Å²) in [5, 5.41) is 17.3. The molecule has 0 saturated carbocycles. The molecule has 2 aromatic heterocycles. The van der Waals surface area contributed by atoms with E-state index in [2.05, 4.69) is 28.2 Å². The van der Waals surface area contributed by atoms with Crippen LogP contribution >= 0.6 is 12.0 Å². The molecule has 2 atom stereocenters. The van der Waals surface area contributed by atoms with Crippen LogP contribution in [0.4, 0.5) is 0 Å². The van der Waals surface area contributed by atoms with Crippen LogP contribution in [0.3, 0.4) is 0 Å². The number of aliphatic hydroxyl groups excluding tert-OH is 1. The predicted octanol–water partition coefficient (Wildman–Crippen LogP) is 4.05. The van der Waals surface area contributed by atoms with Gasteiger partial charge in [0.05, 0.1) is 29.1 Å². The Kier molecular flexibility index (Phi) is 5.99. The van der Waals surface area contributed by atoms with Gasteiger partial charge in [-0.3, -0.25) is 10.1 Å². The molecule has 7 heteroatoms. The monoisotopic (exact) mass is 408 g/mol. The van der Waals surface area contributed by atoms with E-state index in [0.29, 0.717) is 17.3 Å². The van der Waals surface area contributed by atoms with Crippen molar-refractivity contribution in [1.29, 1.82) is 0 Å². The summed E-state index contributed by atoms with van der Waals surface area (Å²) in [7, 11) is 0. The molecule has 2 aromatic rings. The zero-order valence-corrected chi connectivity index (χ0v) is 17.0. The van der Waals surface area contributed by atoms with Gasteiger partial charge >= 0.3 is 0 Å². The minimum absolute atomic E-state index is 0.362. The van der Waals surface area contributed by atoms with Gasteiger partial charge in [0.1, 0.15) is 12.0 Å². The van der Waals surface area contributed by atoms with E-state index in [-0.39, 0.29) is 0 Å². The first-order chi connectivity index (χ1) is 14.1. The third-order valence-corrected chi connectivity index (χ3v) is 5.74. The van der Waals surface area contributed by atoms with E-state index < -0.39 is 6.23 Å². The van der Waals surface area contributed by atoms with Gasteiger partial charge in [0.2, 0.25) is 0 Å². The molecule has 0 amide bonds. The van der Waals surface area contributed by atoms with Crippen LogP contribution < -0.4 is 5.73 Å². The molecule has 0 fully saturated rings. The predicted molar refractivity (Wildman–Crippen MR) is 117 cm³/mol. The fraction of sp³-hybridized carbons (Fsp3) is 0.273. The standard InChI is InChI=1S/C22H24N4O2S/c1-14-5-8-18(22(23)27)21(12-14)28-29-16-7-9-17-19(25-26-20(17)13-16)10-6-15-4-2-3-11-24-15/h2-4,6,8,10-14,22,27H,5,7,9,23H2,1H3,(H,25,26)/b10-6+. The third kappa shape index (κ3) is 4.70. The minimum Gasteiger partial charge on any atom is -0.421 e. The average molecular weight is 409 g/mol. The number of allylic oxidation sites excluding steroid dienone is 3. The summed E-state index contributed by atoms with van der Waals surface area (Å²) >= 11 is 1.32.